The molecular formula is C24H33N5O2. The zero-order valence-corrected chi connectivity index (χ0v) is 18.5. The summed E-state index contributed by atoms with van der Waals surface area (Å²) in [4.78, 5) is 20.1. The average Bonchev–Trinajstić information content (AvgIpc) is 3.37. The molecule has 4 atom stereocenters. The topological polar surface area (TPSA) is 75.7 Å². The molecule has 7 heteroatoms. The highest BCUT2D eigenvalue weighted by atomic mass is 16.3. The van der Waals surface area contributed by atoms with Crippen molar-refractivity contribution in [2.24, 2.45) is 11.8 Å². The number of aliphatic hydroxyl groups is 1. The number of carbonyl (C=O) groups is 1. The van der Waals surface area contributed by atoms with Crippen molar-refractivity contribution in [1.82, 2.24) is 24.9 Å². The first-order valence-electron chi connectivity index (χ1n) is 11.5. The minimum absolute atomic E-state index is 0.0345. The van der Waals surface area contributed by atoms with Crippen LogP contribution in [0.15, 0.2) is 30.3 Å². The Morgan fingerprint density at radius 2 is 1.74 bits per heavy atom. The van der Waals surface area contributed by atoms with E-state index in [9.17, 15) is 9.90 Å². The summed E-state index contributed by atoms with van der Waals surface area (Å²) in [6.07, 6.45) is 1.48. The van der Waals surface area contributed by atoms with Crippen LogP contribution in [0.1, 0.15) is 28.9 Å². The average molecular weight is 424 g/mol. The molecule has 1 aromatic carbocycles. The van der Waals surface area contributed by atoms with Gasteiger partial charge in [0.1, 0.15) is 5.69 Å². The molecule has 0 bridgehead atoms. The number of aromatic nitrogens is 2. The van der Waals surface area contributed by atoms with E-state index in [1.807, 2.05) is 42.2 Å². The summed E-state index contributed by atoms with van der Waals surface area (Å²) < 4.78 is 0. The highest BCUT2D eigenvalue weighted by Crippen LogP contribution is 2.39. The molecule has 0 spiro atoms. The van der Waals surface area contributed by atoms with E-state index in [0.29, 0.717) is 17.5 Å². The lowest BCUT2D eigenvalue weighted by atomic mass is 9.77. The quantitative estimate of drug-likeness (QED) is 0.788. The summed E-state index contributed by atoms with van der Waals surface area (Å²) >= 11 is 0. The zero-order valence-electron chi connectivity index (χ0n) is 18.5. The third kappa shape index (κ3) is 3.90. The van der Waals surface area contributed by atoms with E-state index in [-0.39, 0.29) is 18.1 Å². The number of nitrogens with one attached hydrogen (secondary N) is 1. The van der Waals surface area contributed by atoms with Crippen LogP contribution in [0.25, 0.3) is 11.3 Å². The predicted octanol–water partition coefficient (Wildman–Crippen LogP) is 1.84. The van der Waals surface area contributed by atoms with Gasteiger partial charge in [-0.25, -0.2) is 0 Å². The maximum Gasteiger partial charge on any atom is 0.272 e. The number of hydrogen-bond acceptors (Lipinski definition) is 5. The summed E-state index contributed by atoms with van der Waals surface area (Å²) in [5.41, 5.74) is 3.35. The number of amides is 1. The van der Waals surface area contributed by atoms with Crippen molar-refractivity contribution in [2.75, 3.05) is 46.3 Å². The van der Waals surface area contributed by atoms with Gasteiger partial charge in [-0.15, -0.1) is 0 Å². The highest BCUT2D eigenvalue weighted by molar-refractivity contribution is 5.95. The third-order valence-corrected chi connectivity index (χ3v) is 7.67. The lowest BCUT2D eigenvalue weighted by molar-refractivity contribution is -0.0249. The Labute approximate surface area is 184 Å². The molecule has 2 N–H and O–H groups in total. The van der Waals surface area contributed by atoms with Gasteiger partial charge in [-0.05, 0) is 38.6 Å². The number of H-pyrrole nitrogens is 1. The number of likely N-dealkylation sites (tertiary alicyclic amines) is 1. The van der Waals surface area contributed by atoms with E-state index in [2.05, 4.69) is 27.0 Å². The molecule has 1 amide bonds. The second kappa shape index (κ2) is 8.37. The predicted molar refractivity (Wildman–Crippen MR) is 120 cm³/mol. The van der Waals surface area contributed by atoms with Gasteiger partial charge in [0.15, 0.2) is 0 Å². The second-order valence-corrected chi connectivity index (χ2v) is 9.61. The van der Waals surface area contributed by atoms with Crippen molar-refractivity contribution in [3.8, 4) is 11.3 Å². The fourth-order valence-electron chi connectivity index (χ4n) is 5.76. The number of nitrogens with zero attached hydrogens (tertiary/aromatic N) is 4. The van der Waals surface area contributed by atoms with Gasteiger partial charge in [0.2, 0.25) is 0 Å². The van der Waals surface area contributed by atoms with Crippen molar-refractivity contribution < 1.29 is 9.90 Å². The van der Waals surface area contributed by atoms with Crippen LogP contribution >= 0.6 is 0 Å². The Morgan fingerprint density at radius 1 is 1.06 bits per heavy atom. The lowest BCUT2D eigenvalue weighted by Gasteiger charge is -2.44. The molecule has 2 aromatic rings. The monoisotopic (exact) mass is 423 g/mol. The van der Waals surface area contributed by atoms with Crippen molar-refractivity contribution in [1.29, 1.82) is 0 Å². The Hall–Kier alpha value is -2.22. The summed E-state index contributed by atoms with van der Waals surface area (Å²) in [6.45, 7) is 7.64. The second-order valence-electron chi connectivity index (χ2n) is 9.61. The Bertz CT molecular complexity index is 921. The molecule has 0 unspecified atom stereocenters. The van der Waals surface area contributed by atoms with Crippen molar-refractivity contribution >= 4 is 5.91 Å². The number of carbonyl (C=O) groups excluding carboxylic acids is 1. The lowest BCUT2D eigenvalue weighted by Crippen LogP contribution is -2.55. The first-order chi connectivity index (χ1) is 15.0. The van der Waals surface area contributed by atoms with Crippen molar-refractivity contribution in [3.05, 3.63) is 41.6 Å². The fourth-order valence-corrected chi connectivity index (χ4v) is 5.76. The van der Waals surface area contributed by atoms with Gasteiger partial charge in [-0.3, -0.25) is 14.8 Å². The molecule has 3 aliphatic rings. The van der Waals surface area contributed by atoms with Crippen LogP contribution in [-0.4, -0.2) is 94.4 Å². The summed E-state index contributed by atoms with van der Waals surface area (Å²) in [6, 6.07) is 10.2. The van der Waals surface area contributed by atoms with Gasteiger partial charge in [0.25, 0.3) is 5.91 Å². The van der Waals surface area contributed by atoms with E-state index in [4.69, 9.17) is 0 Å². The van der Waals surface area contributed by atoms with Crippen LogP contribution < -0.4 is 0 Å². The van der Waals surface area contributed by atoms with Gasteiger partial charge in [-0.2, -0.15) is 5.10 Å². The van der Waals surface area contributed by atoms with Crippen molar-refractivity contribution in [3.63, 3.8) is 0 Å². The van der Waals surface area contributed by atoms with Crippen LogP contribution in [0, 0.1) is 18.8 Å². The summed E-state index contributed by atoms with van der Waals surface area (Å²) in [5, 5.41) is 18.3. The molecule has 0 radical (unpaired) electrons. The molecular weight excluding hydrogens is 390 g/mol. The molecule has 2 saturated heterocycles. The van der Waals surface area contributed by atoms with Crippen LogP contribution in [0.5, 0.6) is 0 Å². The molecule has 7 nitrogen and oxygen atoms in total. The molecule has 31 heavy (non-hydrogen) atoms. The third-order valence-electron chi connectivity index (χ3n) is 7.67. The Morgan fingerprint density at radius 3 is 2.45 bits per heavy atom. The molecule has 166 valence electrons. The Kier molecular flexibility index (Phi) is 5.58. The van der Waals surface area contributed by atoms with Gasteiger partial charge in [0.05, 0.1) is 11.8 Å². The number of benzene rings is 1. The Balaban J connectivity index is 1.27. The summed E-state index contributed by atoms with van der Waals surface area (Å²) in [7, 11) is 2.16. The number of piperazine rings is 1. The smallest absolute Gasteiger partial charge is 0.272 e. The van der Waals surface area contributed by atoms with Gasteiger partial charge in [0, 0.05) is 56.4 Å². The van der Waals surface area contributed by atoms with Crippen LogP contribution in [-0.2, 0) is 0 Å². The molecule has 1 aromatic heterocycles. The minimum Gasteiger partial charge on any atom is -0.391 e. The standard InChI is InChI=1S/C24H33N5O2/c1-16-22(17-6-4-3-5-7-17)25-26-23(16)24(31)29-14-18-12-20(21(30)13-19(18)15-29)28-10-8-27(2)9-11-28/h3-7,18-21,30H,8-15H2,1-2H3,(H,25,26)/t18-,19+,20-,21-/m1/s1. The number of rotatable bonds is 3. The van der Waals surface area contributed by atoms with E-state index in [1.54, 1.807) is 0 Å². The van der Waals surface area contributed by atoms with Crippen LogP contribution in [0.2, 0.25) is 0 Å². The largest absolute Gasteiger partial charge is 0.391 e. The fraction of sp³-hybridized carbons (Fsp3) is 0.583. The van der Waals surface area contributed by atoms with Gasteiger partial charge in [-0.1, -0.05) is 30.3 Å². The molecule has 2 aliphatic heterocycles. The minimum atomic E-state index is -0.293. The highest BCUT2D eigenvalue weighted by Gasteiger charge is 2.45. The molecule has 5 rings (SSSR count). The molecule has 1 aliphatic carbocycles. The van der Waals surface area contributed by atoms with E-state index in [0.717, 1.165) is 68.9 Å². The van der Waals surface area contributed by atoms with E-state index < -0.39 is 0 Å². The maximum atomic E-state index is 13.3. The number of fused-ring (bicyclic) bond motifs is 1. The van der Waals surface area contributed by atoms with Gasteiger partial charge >= 0.3 is 0 Å². The first kappa shape index (κ1) is 20.7. The SMILES string of the molecule is Cc1c(-c2ccccc2)n[nH]c1C(=O)N1C[C@H]2C[C@@H](N3CCN(C)CC3)[C@H](O)C[C@H]2C1. The number of aromatic amines is 1. The maximum absolute atomic E-state index is 13.3. The zero-order chi connectivity index (χ0) is 21.5. The first-order valence-corrected chi connectivity index (χ1v) is 11.5. The van der Waals surface area contributed by atoms with E-state index in [1.165, 1.54) is 0 Å². The van der Waals surface area contributed by atoms with Crippen LogP contribution in [0.3, 0.4) is 0 Å². The number of hydrogen-bond donors (Lipinski definition) is 2. The van der Waals surface area contributed by atoms with Crippen LogP contribution in [0.4, 0.5) is 0 Å². The van der Waals surface area contributed by atoms with Gasteiger partial charge < -0.3 is 14.9 Å². The molecule has 1 saturated carbocycles. The molecule has 3 fully saturated rings. The molecule has 3 heterocycles. The number of likely N-dealkylation sites (N-methyl/N-ethyl adjacent to an activating group) is 1. The normalized spacial score (nSPS) is 29.8. The summed E-state index contributed by atoms with van der Waals surface area (Å²) in [5.74, 6) is 0.889. The van der Waals surface area contributed by atoms with Crippen molar-refractivity contribution in [2.45, 2.75) is 31.9 Å². The van der Waals surface area contributed by atoms with E-state index >= 15 is 0 Å². The number of aliphatic hydroxyl groups excluding tert-OH is 1.